The van der Waals surface area contributed by atoms with Gasteiger partial charge in [0.05, 0.1) is 24.6 Å². The quantitative estimate of drug-likeness (QED) is 0.238. The van der Waals surface area contributed by atoms with Crippen LogP contribution in [0.1, 0.15) is 71.6 Å². The highest BCUT2D eigenvalue weighted by molar-refractivity contribution is 5.60. The van der Waals surface area contributed by atoms with Crippen LogP contribution in [-0.2, 0) is 4.74 Å². The first-order valence-corrected chi connectivity index (χ1v) is 11.8. The first-order valence-electron chi connectivity index (χ1n) is 11.8. The van der Waals surface area contributed by atoms with E-state index >= 15 is 0 Å². The molecule has 0 saturated carbocycles. The summed E-state index contributed by atoms with van der Waals surface area (Å²) in [6.45, 7) is 5.86. The molecule has 1 aromatic carbocycles. The molecule has 4 heteroatoms. The molecule has 1 fully saturated rings. The highest BCUT2D eigenvalue weighted by Gasteiger charge is 2.38. The van der Waals surface area contributed by atoms with Crippen molar-refractivity contribution in [1.29, 1.82) is 0 Å². The molecule has 1 aliphatic heterocycles. The summed E-state index contributed by atoms with van der Waals surface area (Å²) in [5.41, 5.74) is 2.02. The average molecular weight is 412 g/mol. The Kier molecular flexibility index (Phi) is 9.49. The molecule has 0 N–H and O–H groups in total. The van der Waals surface area contributed by atoms with Crippen molar-refractivity contribution in [3.8, 4) is 22.8 Å². The van der Waals surface area contributed by atoms with Gasteiger partial charge in [0.15, 0.2) is 0 Å². The monoisotopic (exact) mass is 411 g/mol. The van der Waals surface area contributed by atoms with Crippen LogP contribution in [0, 0.1) is 0 Å². The van der Waals surface area contributed by atoms with Crippen LogP contribution in [0.25, 0.3) is 11.3 Å². The Balaban J connectivity index is 1.36. The Morgan fingerprint density at radius 3 is 2.23 bits per heavy atom. The maximum Gasteiger partial charge on any atom is 0.137 e. The lowest BCUT2D eigenvalue weighted by molar-refractivity contribution is 0.259. The van der Waals surface area contributed by atoms with Gasteiger partial charge in [0.25, 0.3) is 0 Å². The summed E-state index contributed by atoms with van der Waals surface area (Å²) in [5, 5.41) is 0. The third-order valence-corrected chi connectivity index (χ3v) is 5.60. The number of hydrogen-bond acceptors (Lipinski definition) is 4. The van der Waals surface area contributed by atoms with Crippen LogP contribution >= 0.6 is 0 Å². The fourth-order valence-corrected chi connectivity index (χ4v) is 3.59. The van der Waals surface area contributed by atoms with E-state index < -0.39 is 0 Å². The molecule has 1 aromatic heterocycles. The minimum atomic E-state index is 0.266. The minimum absolute atomic E-state index is 0.266. The van der Waals surface area contributed by atoms with E-state index in [0.29, 0.717) is 12.7 Å². The Morgan fingerprint density at radius 2 is 1.50 bits per heavy atom. The Labute approximate surface area is 182 Å². The van der Waals surface area contributed by atoms with Crippen LogP contribution in [0.15, 0.2) is 42.6 Å². The van der Waals surface area contributed by atoms with Gasteiger partial charge in [-0.25, -0.2) is 0 Å². The molecule has 2 atom stereocenters. The molecule has 0 radical (unpaired) electrons. The summed E-state index contributed by atoms with van der Waals surface area (Å²) >= 11 is 0. The Morgan fingerprint density at radius 1 is 0.767 bits per heavy atom. The van der Waals surface area contributed by atoms with E-state index in [1.807, 2.05) is 30.5 Å². The Bertz CT molecular complexity index is 714. The van der Waals surface area contributed by atoms with Crippen molar-refractivity contribution in [2.45, 2.75) is 83.8 Å². The molecule has 2 heterocycles. The molecular formula is C26H37NO3. The summed E-state index contributed by atoms with van der Waals surface area (Å²) in [7, 11) is 0. The number of unbranched alkanes of at least 4 members (excludes halogenated alkanes) is 6. The second-order valence-corrected chi connectivity index (χ2v) is 8.19. The zero-order valence-electron chi connectivity index (χ0n) is 18.6. The van der Waals surface area contributed by atoms with Gasteiger partial charge in [-0.3, -0.25) is 4.98 Å². The number of pyridine rings is 1. The standard InChI is InChI=1S/C26H37NO3/c1-3-5-7-8-9-10-18-28-23-16-17-24(27-19-23)21-12-14-22(15-13-21)29-20-26-25(30-26)11-6-4-2/h12-17,19,25-26H,3-11,18,20H2,1-2H3/t25-,26-/m0/s1. The van der Waals surface area contributed by atoms with Gasteiger partial charge < -0.3 is 14.2 Å². The van der Waals surface area contributed by atoms with Gasteiger partial charge in [-0.1, -0.05) is 58.8 Å². The molecule has 1 saturated heterocycles. The van der Waals surface area contributed by atoms with E-state index in [2.05, 4.69) is 31.0 Å². The van der Waals surface area contributed by atoms with E-state index in [9.17, 15) is 0 Å². The van der Waals surface area contributed by atoms with Crippen LogP contribution in [0.2, 0.25) is 0 Å². The molecule has 0 amide bonds. The van der Waals surface area contributed by atoms with Gasteiger partial charge in [-0.05, 0) is 49.2 Å². The predicted molar refractivity (Wildman–Crippen MR) is 122 cm³/mol. The summed E-state index contributed by atoms with van der Waals surface area (Å²) in [5.74, 6) is 1.72. The van der Waals surface area contributed by atoms with E-state index in [-0.39, 0.29) is 6.10 Å². The van der Waals surface area contributed by atoms with Gasteiger partial charge >= 0.3 is 0 Å². The second-order valence-electron chi connectivity index (χ2n) is 8.19. The van der Waals surface area contributed by atoms with E-state index in [1.165, 1.54) is 44.9 Å². The van der Waals surface area contributed by atoms with Crippen molar-refractivity contribution in [1.82, 2.24) is 4.98 Å². The maximum atomic E-state index is 5.87. The van der Waals surface area contributed by atoms with Gasteiger partial charge in [0.1, 0.15) is 24.2 Å². The number of nitrogens with zero attached hydrogens (tertiary/aromatic N) is 1. The number of aromatic nitrogens is 1. The highest BCUT2D eigenvalue weighted by Crippen LogP contribution is 2.28. The lowest BCUT2D eigenvalue weighted by Crippen LogP contribution is -2.07. The molecule has 0 unspecified atom stereocenters. The van der Waals surface area contributed by atoms with Gasteiger partial charge in [-0.2, -0.15) is 0 Å². The van der Waals surface area contributed by atoms with Crippen LogP contribution in [0.3, 0.4) is 0 Å². The average Bonchev–Trinajstić information content (AvgIpc) is 3.55. The van der Waals surface area contributed by atoms with E-state index in [0.717, 1.165) is 42.2 Å². The zero-order chi connectivity index (χ0) is 21.0. The predicted octanol–water partition coefficient (Wildman–Crippen LogP) is 6.82. The highest BCUT2D eigenvalue weighted by atomic mass is 16.6. The molecule has 0 aliphatic carbocycles. The molecule has 164 valence electrons. The number of benzene rings is 1. The largest absolute Gasteiger partial charge is 0.492 e. The molecular weight excluding hydrogens is 374 g/mol. The normalized spacial score (nSPS) is 17.7. The van der Waals surface area contributed by atoms with Crippen LogP contribution in [0.4, 0.5) is 0 Å². The SMILES string of the molecule is CCCCCCCCOc1ccc(-c2ccc(OC[C@@H]3O[C@H]3CCCC)cc2)nc1. The summed E-state index contributed by atoms with van der Waals surface area (Å²) in [6.07, 6.45) is 13.7. The zero-order valence-corrected chi connectivity index (χ0v) is 18.6. The Hall–Kier alpha value is -2.07. The molecule has 0 spiro atoms. The summed E-state index contributed by atoms with van der Waals surface area (Å²) in [4.78, 5) is 4.55. The van der Waals surface area contributed by atoms with Crippen molar-refractivity contribution in [2.24, 2.45) is 0 Å². The number of ether oxygens (including phenoxy) is 3. The molecule has 3 rings (SSSR count). The van der Waals surface area contributed by atoms with Crippen LogP contribution < -0.4 is 9.47 Å². The fourth-order valence-electron chi connectivity index (χ4n) is 3.59. The second kappa shape index (κ2) is 12.6. The van der Waals surface area contributed by atoms with Crippen molar-refractivity contribution in [2.75, 3.05) is 13.2 Å². The van der Waals surface area contributed by atoms with Crippen LogP contribution in [-0.4, -0.2) is 30.4 Å². The minimum Gasteiger partial charge on any atom is -0.492 e. The molecule has 0 bridgehead atoms. The summed E-state index contributed by atoms with van der Waals surface area (Å²) in [6, 6.07) is 12.1. The molecule has 2 aromatic rings. The lowest BCUT2D eigenvalue weighted by atomic mass is 10.1. The maximum absolute atomic E-state index is 5.87. The molecule has 1 aliphatic rings. The van der Waals surface area contributed by atoms with Crippen molar-refractivity contribution in [3.05, 3.63) is 42.6 Å². The smallest absolute Gasteiger partial charge is 0.137 e. The first kappa shape index (κ1) is 22.6. The summed E-state index contributed by atoms with van der Waals surface area (Å²) < 4.78 is 17.3. The number of epoxide rings is 1. The van der Waals surface area contributed by atoms with Gasteiger partial charge in [0, 0.05) is 5.56 Å². The number of rotatable bonds is 15. The third kappa shape index (κ3) is 7.64. The van der Waals surface area contributed by atoms with Crippen LogP contribution in [0.5, 0.6) is 11.5 Å². The third-order valence-electron chi connectivity index (χ3n) is 5.60. The molecule has 30 heavy (non-hydrogen) atoms. The lowest BCUT2D eigenvalue weighted by Gasteiger charge is -2.08. The van der Waals surface area contributed by atoms with E-state index in [1.54, 1.807) is 0 Å². The van der Waals surface area contributed by atoms with Gasteiger partial charge in [-0.15, -0.1) is 0 Å². The molecule has 4 nitrogen and oxygen atoms in total. The van der Waals surface area contributed by atoms with Crippen molar-refractivity contribution in [3.63, 3.8) is 0 Å². The van der Waals surface area contributed by atoms with E-state index in [4.69, 9.17) is 14.2 Å². The van der Waals surface area contributed by atoms with Crippen molar-refractivity contribution < 1.29 is 14.2 Å². The number of hydrogen-bond donors (Lipinski definition) is 0. The topological polar surface area (TPSA) is 43.9 Å². The fraction of sp³-hybridized carbons (Fsp3) is 0.577. The van der Waals surface area contributed by atoms with Gasteiger partial charge in [0.2, 0.25) is 0 Å². The van der Waals surface area contributed by atoms with Crippen molar-refractivity contribution >= 4 is 0 Å². The first-order chi connectivity index (χ1) is 14.8.